The van der Waals surface area contributed by atoms with Crippen LogP contribution in [0.3, 0.4) is 0 Å². The Morgan fingerprint density at radius 1 is 1.50 bits per heavy atom. The third-order valence-corrected chi connectivity index (χ3v) is 2.30. The van der Waals surface area contributed by atoms with Crippen molar-refractivity contribution in [2.75, 3.05) is 6.61 Å². The van der Waals surface area contributed by atoms with E-state index >= 15 is 0 Å². The van der Waals surface area contributed by atoms with Crippen LogP contribution in [0, 0.1) is 0 Å². The summed E-state index contributed by atoms with van der Waals surface area (Å²) in [6.45, 7) is 2.12. The topological polar surface area (TPSA) is 120 Å². The standard InChI is InChI=1S/C11H12N4O5/c1-2-19-11(18)8-6-20-10(12-8)7-5-15(14-13-7)4-3-9(16)17/h5-6H,2-4H2,1H3,(H,16,17). The van der Waals surface area contributed by atoms with Gasteiger partial charge in [-0.1, -0.05) is 5.21 Å². The second kappa shape index (κ2) is 5.95. The molecule has 0 spiro atoms. The second-order valence-electron chi connectivity index (χ2n) is 3.77. The number of hydrogen-bond acceptors (Lipinski definition) is 7. The number of ether oxygens (including phenoxy) is 1. The number of carboxylic acid groups (broad SMARTS) is 1. The number of oxazole rings is 1. The predicted molar refractivity (Wildman–Crippen MR) is 63.7 cm³/mol. The highest BCUT2D eigenvalue weighted by molar-refractivity contribution is 5.87. The minimum absolute atomic E-state index is 0.0435. The molecule has 0 saturated carbocycles. The van der Waals surface area contributed by atoms with Gasteiger partial charge in [0.2, 0.25) is 5.89 Å². The van der Waals surface area contributed by atoms with Crippen molar-refractivity contribution in [2.45, 2.75) is 19.9 Å². The fourth-order valence-corrected chi connectivity index (χ4v) is 1.41. The molecule has 2 rings (SSSR count). The Balaban J connectivity index is 2.08. The number of carbonyl (C=O) groups excluding carboxylic acids is 1. The monoisotopic (exact) mass is 280 g/mol. The van der Waals surface area contributed by atoms with Gasteiger partial charge in [0.05, 0.1) is 25.8 Å². The fourth-order valence-electron chi connectivity index (χ4n) is 1.41. The number of aliphatic carboxylic acids is 1. The van der Waals surface area contributed by atoms with Crippen LogP contribution in [0.15, 0.2) is 16.9 Å². The van der Waals surface area contributed by atoms with Crippen LogP contribution in [0.2, 0.25) is 0 Å². The quantitative estimate of drug-likeness (QED) is 0.763. The minimum atomic E-state index is -0.928. The lowest BCUT2D eigenvalue weighted by molar-refractivity contribution is -0.137. The molecule has 0 unspecified atom stereocenters. The molecule has 2 aromatic rings. The molecule has 9 nitrogen and oxygen atoms in total. The van der Waals surface area contributed by atoms with Crippen molar-refractivity contribution in [2.24, 2.45) is 0 Å². The summed E-state index contributed by atoms with van der Waals surface area (Å²) in [5.74, 6) is -1.39. The van der Waals surface area contributed by atoms with Crippen LogP contribution in [0.4, 0.5) is 0 Å². The molecule has 0 amide bonds. The number of nitrogens with zero attached hydrogens (tertiary/aromatic N) is 4. The molecule has 0 radical (unpaired) electrons. The summed E-state index contributed by atoms with van der Waals surface area (Å²) in [5, 5.41) is 16.1. The Labute approximate surface area is 113 Å². The van der Waals surface area contributed by atoms with Crippen molar-refractivity contribution >= 4 is 11.9 Å². The maximum atomic E-state index is 11.4. The number of aryl methyl sites for hydroxylation is 1. The first-order valence-corrected chi connectivity index (χ1v) is 5.85. The van der Waals surface area contributed by atoms with Crippen LogP contribution in [-0.2, 0) is 16.1 Å². The fraction of sp³-hybridized carbons (Fsp3) is 0.364. The Bertz CT molecular complexity index is 618. The lowest BCUT2D eigenvalue weighted by atomic mass is 10.4. The number of carboxylic acids is 1. The molecule has 0 bridgehead atoms. The van der Waals surface area contributed by atoms with E-state index in [4.69, 9.17) is 14.3 Å². The minimum Gasteiger partial charge on any atom is -0.481 e. The highest BCUT2D eigenvalue weighted by Gasteiger charge is 2.16. The molecular formula is C11H12N4O5. The molecule has 0 aliphatic carbocycles. The smallest absolute Gasteiger partial charge is 0.360 e. The molecule has 0 saturated heterocycles. The van der Waals surface area contributed by atoms with Gasteiger partial charge < -0.3 is 14.3 Å². The second-order valence-corrected chi connectivity index (χ2v) is 3.77. The van der Waals surface area contributed by atoms with E-state index in [1.54, 1.807) is 6.92 Å². The third-order valence-electron chi connectivity index (χ3n) is 2.30. The van der Waals surface area contributed by atoms with Crippen molar-refractivity contribution in [1.29, 1.82) is 0 Å². The summed E-state index contributed by atoms with van der Waals surface area (Å²) in [7, 11) is 0. The summed E-state index contributed by atoms with van der Waals surface area (Å²) in [6, 6.07) is 0. The summed E-state index contributed by atoms with van der Waals surface area (Å²) in [6.07, 6.45) is 2.59. The van der Waals surface area contributed by atoms with E-state index in [0.717, 1.165) is 0 Å². The predicted octanol–water partition coefficient (Wildman–Crippen LogP) is 0.584. The van der Waals surface area contributed by atoms with Gasteiger partial charge in [-0.25, -0.2) is 9.78 Å². The van der Waals surface area contributed by atoms with E-state index in [2.05, 4.69) is 15.3 Å². The van der Waals surface area contributed by atoms with Gasteiger partial charge in [0.15, 0.2) is 11.4 Å². The third kappa shape index (κ3) is 3.19. The van der Waals surface area contributed by atoms with Crippen LogP contribution in [0.25, 0.3) is 11.6 Å². The van der Waals surface area contributed by atoms with Gasteiger partial charge in [-0.05, 0) is 6.92 Å². The largest absolute Gasteiger partial charge is 0.481 e. The van der Waals surface area contributed by atoms with Gasteiger partial charge in [-0.3, -0.25) is 9.48 Å². The van der Waals surface area contributed by atoms with Crippen molar-refractivity contribution in [1.82, 2.24) is 20.0 Å². The maximum absolute atomic E-state index is 11.4. The SMILES string of the molecule is CCOC(=O)c1coc(-c2cn(CCC(=O)O)nn2)n1. The van der Waals surface area contributed by atoms with Crippen molar-refractivity contribution < 1.29 is 23.8 Å². The van der Waals surface area contributed by atoms with E-state index in [-0.39, 0.29) is 31.2 Å². The molecule has 0 aromatic carbocycles. The Morgan fingerprint density at radius 3 is 3.00 bits per heavy atom. The number of rotatable bonds is 6. The summed E-state index contributed by atoms with van der Waals surface area (Å²) in [4.78, 5) is 25.8. The van der Waals surface area contributed by atoms with Gasteiger partial charge >= 0.3 is 11.9 Å². The first-order valence-electron chi connectivity index (χ1n) is 5.85. The van der Waals surface area contributed by atoms with Gasteiger partial charge in [-0.2, -0.15) is 0 Å². The first kappa shape index (κ1) is 13.7. The van der Waals surface area contributed by atoms with Gasteiger partial charge in [0, 0.05) is 0 Å². The maximum Gasteiger partial charge on any atom is 0.360 e. The number of carbonyl (C=O) groups is 2. The normalized spacial score (nSPS) is 10.4. The molecule has 1 N–H and O–H groups in total. The Hall–Kier alpha value is -2.71. The number of esters is 1. The van der Waals surface area contributed by atoms with E-state index in [0.29, 0.717) is 5.69 Å². The lowest BCUT2D eigenvalue weighted by Gasteiger charge is -1.94. The molecule has 0 aliphatic heterocycles. The molecule has 106 valence electrons. The molecule has 2 aromatic heterocycles. The molecular weight excluding hydrogens is 268 g/mol. The van der Waals surface area contributed by atoms with Crippen molar-refractivity contribution in [3.8, 4) is 11.6 Å². The van der Waals surface area contributed by atoms with Crippen molar-refractivity contribution in [3.63, 3.8) is 0 Å². The average Bonchev–Trinajstić information content (AvgIpc) is 3.05. The number of aromatic nitrogens is 4. The van der Waals surface area contributed by atoms with Gasteiger partial charge in [0.25, 0.3) is 0 Å². The van der Waals surface area contributed by atoms with Crippen LogP contribution >= 0.6 is 0 Å². The zero-order valence-corrected chi connectivity index (χ0v) is 10.6. The molecule has 20 heavy (non-hydrogen) atoms. The summed E-state index contributed by atoms with van der Waals surface area (Å²) >= 11 is 0. The average molecular weight is 280 g/mol. The highest BCUT2D eigenvalue weighted by Crippen LogP contribution is 2.16. The van der Waals surface area contributed by atoms with Gasteiger partial charge in [0.1, 0.15) is 6.26 Å². The van der Waals surface area contributed by atoms with E-state index in [1.807, 2.05) is 0 Å². The molecule has 0 fully saturated rings. The van der Waals surface area contributed by atoms with Crippen LogP contribution < -0.4 is 0 Å². The first-order chi connectivity index (χ1) is 9.60. The van der Waals surface area contributed by atoms with Crippen LogP contribution in [-0.4, -0.2) is 43.6 Å². The molecule has 2 heterocycles. The van der Waals surface area contributed by atoms with E-state index < -0.39 is 11.9 Å². The molecule has 0 atom stereocenters. The van der Waals surface area contributed by atoms with Crippen molar-refractivity contribution in [3.05, 3.63) is 18.2 Å². The van der Waals surface area contributed by atoms with E-state index in [9.17, 15) is 9.59 Å². The summed E-state index contributed by atoms with van der Waals surface area (Å²) in [5.41, 5.74) is 0.355. The van der Waals surface area contributed by atoms with Gasteiger partial charge in [-0.15, -0.1) is 5.10 Å². The highest BCUT2D eigenvalue weighted by atomic mass is 16.5. The van der Waals surface area contributed by atoms with E-state index in [1.165, 1.54) is 17.1 Å². The molecule has 9 heteroatoms. The van der Waals surface area contributed by atoms with Crippen LogP contribution in [0.5, 0.6) is 0 Å². The number of hydrogen-bond donors (Lipinski definition) is 1. The Kier molecular flexibility index (Phi) is 4.08. The van der Waals surface area contributed by atoms with Crippen LogP contribution in [0.1, 0.15) is 23.8 Å². The zero-order chi connectivity index (χ0) is 14.5. The zero-order valence-electron chi connectivity index (χ0n) is 10.6. The molecule has 0 aliphatic rings. The lowest BCUT2D eigenvalue weighted by Crippen LogP contribution is -2.04. The summed E-state index contributed by atoms with van der Waals surface area (Å²) < 4.78 is 11.3. The Morgan fingerprint density at radius 2 is 2.30 bits per heavy atom.